The van der Waals surface area contributed by atoms with Crippen molar-refractivity contribution in [3.05, 3.63) is 30.1 Å². The van der Waals surface area contributed by atoms with E-state index in [0.717, 1.165) is 78.5 Å². The van der Waals surface area contributed by atoms with Crippen molar-refractivity contribution in [2.45, 2.75) is 31.1 Å². The van der Waals surface area contributed by atoms with Crippen molar-refractivity contribution < 1.29 is 14.2 Å². The smallest absolute Gasteiger partial charge is 0.105 e. The fourth-order valence-corrected chi connectivity index (χ4v) is 4.18. The van der Waals surface area contributed by atoms with Gasteiger partial charge in [-0.25, -0.2) is 0 Å². The summed E-state index contributed by atoms with van der Waals surface area (Å²) in [7, 11) is 0. The maximum absolute atomic E-state index is 6.58. The predicted octanol–water partition coefficient (Wildman–Crippen LogP) is 1.16. The first-order valence-electron chi connectivity index (χ1n) is 9.48. The molecule has 0 N–H and O–H groups in total. The molecule has 4 heterocycles. The average Bonchev–Trinajstić information content (AvgIpc) is 2.91. The predicted molar refractivity (Wildman–Crippen MR) is 94.4 cm³/mol. The SMILES string of the molecule is c1cc(CN2CCOC[C@]3(CC[C@@H](CN4CCOCC4)O3)C2)ccn1. The lowest BCUT2D eigenvalue weighted by Gasteiger charge is -2.33. The van der Waals surface area contributed by atoms with Gasteiger partial charge in [-0.2, -0.15) is 0 Å². The Morgan fingerprint density at radius 3 is 2.64 bits per heavy atom. The first kappa shape index (κ1) is 17.4. The highest BCUT2D eigenvalue weighted by atomic mass is 16.6. The van der Waals surface area contributed by atoms with Crippen LogP contribution in [-0.2, 0) is 20.8 Å². The zero-order chi connectivity index (χ0) is 17.0. The van der Waals surface area contributed by atoms with E-state index < -0.39 is 0 Å². The summed E-state index contributed by atoms with van der Waals surface area (Å²) >= 11 is 0. The molecule has 0 aromatic carbocycles. The summed E-state index contributed by atoms with van der Waals surface area (Å²) in [6.07, 6.45) is 6.27. The summed E-state index contributed by atoms with van der Waals surface area (Å²) in [5.74, 6) is 0. The second kappa shape index (κ2) is 8.10. The number of ether oxygens (including phenoxy) is 3. The molecule has 3 aliphatic rings. The van der Waals surface area contributed by atoms with Crippen LogP contribution in [0.5, 0.6) is 0 Å². The molecule has 0 aliphatic carbocycles. The van der Waals surface area contributed by atoms with Crippen LogP contribution < -0.4 is 0 Å². The van der Waals surface area contributed by atoms with Gasteiger partial charge >= 0.3 is 0 Å². The average molecular weight is 347 g/mol. The van der Waals surface area contributed by atoms with E-state index in [4.69, 9.17) is 14.2 Å². The topological polar surface area (TPSA) is 47.1 Å². The zero-order valence-electron chi connectivity index (χ0n) is 14.9. The first-order valence-corrected chi connectivity index (χ1v) is 9.48. The van der Waals surface area contributed by atoms with Crippen LogP contribution >= 0.6 is 0 Å². The Balaban J connectivity index is 1.35. The van der Waals surface area contributed by atoms with Crippen LogP contribution in [-0.4, -0.2) is 85.6 Å². The Morgan fingerprint density at radius 2 is 1.80 bits per heavy atom. The van der Waals surface area contributed by atoms with Gasteiger partial charge < -0.3 is 14.2 Å². The van der Waals surface area contributed by atoms with Crippen LogP contribution in [0.15, 0.2) is 24.5 Å². The Labute approximate surface area is 150 Å². The number of rotatable bonds is 4. The van der Waals surface area contributed by atoms with Crippen LogP contribution in [0.25, 0.3) is 0 Å². The van der Waals surface area contributed by atoms with E-state index in [9.17, 15) is 0 Å². The highest BCUT2D eigenvalue weighted by molar-refractivity contribution is 5.10. The van der Waals surface area contributed by atoms with Gasteiger partial charge in [0.15, 0.2) is 0 Å². The van der Waals surface area contributed by atoms with Crippen molar-refractivity contribution in [1.29, 1.82) is 0 Å². The van der Waals surface area contributed by atoms with Gasteiger partial charge in [-0.15, -0.1) is 0 Å². The van der Waals surface area contributed by atoms with Crippen LogP contribution in [0, 0.1) is 0 Å². The van der Waals surface area contributed by atoms with E-state index in [1.807, 2.05) is 12.4 Å². The van der Waals surface area contributed by atoms with Gasteiger partial charge in [0.2, 0.25) is 0 Å². The molecule has 0 bridgehead atoms. The number of nitrogens with zero attached hydrogens (tertiary/aromatic N) is 3. The molecule has 25 heavy (non-hydrogen) atoms. The van der Waals surface area contributed by atoms with Gasteiger partial charge in [0.1, 0.15) is 5.60 Å². The second-order valence-corrected chi connectivity index (χ2v) is 7.49. The van der Waals surface area contributed by atoms with Gasteiger partial charge in [-0.1, -0.05) is 0 Å². The van der Waals surface area contributed by atoms with E-state index >= 15 is 0 Å². The minimum atomic E-state index is -0.138. The molecule has 4 rings (SSSR count). The molecule has 138 valence electrons. The maximum atomic E-state index is 6.58. The molecule has 1 aromatic rings. The van der Waals surface area contributed by atoms with Crippen LogP contribution in [0.2, 0.25) is 0 Å². The van der Waals surface area contributed by atoms with Crippen molar-refractivity contribution >= 4 is 0 Å². The van der Waals surface area contributed by atoms with Crippen molar-refractivity contribution in [2.75, 3.05) is 59.2 Å². The quantitative estimate of drug-likeness (QED) is 0.815. The number of pyridine rings is 1. The normalized spacial score (nSPS) is 32.1. The van der Waals surface area contributed by atoms with E-state index in [1.54, 1.807) is 0 Å². The van der Waals surface area contributed by atoms with Crippen LogP contribution in [0.1, 0.15) is 18.4 Å². The van der Waals surface area contributed by atoms with Crippen LogP contribution in [0.3, 0.4) is 0 Å². The summed E-state index contributed by atoms with van der Waals surface area (Å²) in [5, 5.41) is 0. The number of aromatic nitrogens is 1. The van der Waals surface area contributed by atoms with Gasteiger partial charge in [0, 0.05) is 51.7 Å². The van der Waals surface area contributed by atoms with E-state index in [1.165, 1.54) is 5.56 Å². The van der Waals surface area contributed by atoms with E-state index in [0.29, 0.717) is 6.10 Å². The van der Waals surface area contributed by atoms with Crippen molar-refractivity contribution in [1.82, 2.24) is 14.8 Å². The third kappa shape index (κ3) is 4.57. The standard InChI is InChI=1S/C19H29N3O3/c1-4-19(25-18(1)14-21-7-10-23-11-8-21)15-22(9-12-24-16-19)13-17-2-5-20-6-3-17/h2-3,5-6,18H,1,4,7-16H2/t18-,19-/m0/s1. The van der Waals surface area contributed by atoms with Crippen molar-refractivity contribution in [2.24, 2.45) is 0 Å². The third-order valence-corrected chi connectivity index (χ3v) is 5.49. The summed E-state index contributed by atoms with van der Waals surface area (Å²) < 4.78 is 18.0. The maximum Gasteiger partial charge on any atom is 0.105 e. The number of hydrogen-bond acceptors (Lipinski definition) is 6. The molecule has 0 unspecified atom stereocenters. The lowest BCUT2D eigenvalue weighted by molar-refractivity contribution is -0.0967. The fraction of sp³-hybridized carbons (Fsp3) is 0.737. The first-order chi connectivity index (χ1) is 12.3. The fourth-order valence-electron chi connectivity index (χ4n) is 4.18. The van der Waals surface area contributed by atoms with Crippen LogP contribution in [0.4, 0.5) is 0 Å². The number of morpholine rings is 1. The van der Waals surface area contributed by atoms with Crippen molar-refractivity contribution in [3.63, 3.8) is 0 Å². The molecule has 3 saturated heterocycles. The molecular formula is C19H29N3O3. The summed E-state index contributed by atoms with van der Waals surface area (Å²) in [6.45, 7) is 9.12. The second-order valence-electron chi connectivity index (χ2n) is 7.49. The lowest BCUT2D eigenvalue weighted by Crippen LogP contribution is -2.46. The van der Waals surface area contributed by atoms with Gasteiger partial charge in [-0.3, -0.25) is 14.8 Å². The molecule has 2 atom stereocenters. The largest absolute Gasteiger partial charge is 0.379 e. The molecule has 6 nitrogen and oxygen atoms in total. The molecule has 0 radical (unpaired) electrons. The number of hydrogen-bond donors (Lipinski definition) is 0. The lowest BCUT2D eigenvalue weighted by atomic mass is 10.00. The third-order valence-electron chi connectivity index (χ3n) is 5.49. The van der Waals surface area contributed by atoms with Gasteiger partial charge in [0.25, 0.3) is 0 Å². The molecule has 0 amide bonds. The molecule has 6 heteroatoms. The highest BCUT2D eigenvalue weighted by Crippen LogP contribution is 2.33. The molecule has 3 aliphatic heterocycles. The van der Waals surface area contributed by atoms with E-state index in [-0.39, 0.29) is 5.60 Å². The minimum absolute atomic E-state index is 0.138. The highest BCUT2D eigenvalue weighted by Gasteiger charge is 2.43. The summed E-state index contributed by atoms with van der Waals surface area (Å²) in [4.78, 5) is 9.06. The summed E-state index contributed by atoms with van der Waals surface area (Å²) in [6, 6.07) is 4.18. The van der Waals surface area contributed by atoms with E-state index in [2.05, 4.69) is 26.9 Å². The molecule has 0 saturated carbocycles. The molecule has 3 fully saturated rings. The Morgan fingerprint density at radius 1 is 1.04 bits per heavy atom. The van der Waals surface area contributed by atoms with Gasteiger partial charge in [0.05, 0.1) is 32.5 Å². The van der Waals surface area contributed by atoms with Gasteiger partial charge in [-0.05, 0) is 30.5 Å². The van der Waals surface area contributed by atoms with Crippen molar-refractivity contribution in [3.8, 4) is 0 Å². The Bertz CT molecular complexity index is 538. The zero-order valence-corrected chi connectivity index (χ0v) is 14.9. The summed E-state index contributed by atoms with van der Waals surface area (Å²) in [5.41, 5.74) is 1.16. The molecule has 1 spiro atoms. The Hall–Kier alpha value is -1.05. The molecule has 1 aromatic heterocycles. The minimum Gasteiger partial charge on any atom is -0.379 e. The Kier molecular flexibility index (Phi) is 5.63. The molecular weight excluding hydrogens is 318 g/mol. The monoisotopic (exact) mass is 347 g/mol.